The molecule has 8 heteroatoms. The maximum atomic E-state index is 12.5. The number of ether oxygens (including phenoxy) is 2. The van der Waals surface area contributed by atoms with Gasteiger partial charge in [0.15, 0.2) is 11.5 Å². The largest absolute Gasteiger partial charge is 0.486 e. The molecule has 0 radical (unpaired) electrons. The van der Waals surface area contributed by atoms with Gasteiger partial charge in [-0.3, -0.25) is 9.59 Å². The van der Waals surface area contributed by atoms with E-state index >= 15 is 0 Å². The molecule has 0 bridgehead atoms. The number of nitrogens with one attached hydrogen (secondary N) is 2. The first-order valence-corrected chi connectivity index (χ1v) is 10.6. The summed E-state index contributed by atoms with van der Waals surface area (Å²) in [6.07, 6.45) is 0. The molecule has 0 spiro atoms. The van der Waals surface area contributed by atoms with Crippen molar-refractivity contribution in [3.63, 3.8) is 0 Å². The monoisotopic (exact) mass is 442 g/mol. The third-order valence-corrected chi connectivity index (χ3v) is 5.67. The van der Waals surface area contributed by atoms with E-state index in [0.717, 1.165) is 11.1 Å². The maximum Gasteiger partial charge on any atom is 0.261 e. The van der Waals surface area contributed by atoms with E-state index in [9.17, 15) is 9.59 Å². The van der Waals surface area contributed by atoms with E-state index in [1.807, 2.05) is 29.6 Å². The fraction of sp³-hybridized carbons (Fsp3) is 0.182. The lowest BCUT2D eigenvalue weighted by Gasteiger charge is -2.20. The van der Waals surface area contributed by atoms with Crippen LogP contribution < -0.4 is 20.1 Å². The topological polar surface area (TPSA) is 76.7 Å². The maximum absolute atomic E-state index is 12.5. The zero-order valence-corrected chi connectivity index (χ0v) is 17.5. The molecule has 6 nitrogen and oxygen atoms in total. The van der Waals surface area contributed by atoms with Gasteiger partial charge in [0.05, 0.1) is 9.90 Å². The molecule has 0 aliphatic carbocycles. The number of hydrogen-bond acceptors (Lipinski definition) is 5. The van der Waals surface area contributed by atoms with Crippen LogP contribution in [0, 0.1) is 0 Å². The summed E-state index contributed by atoms with van der Waals surface area (Å²) in [6.45, 7) is 1.65. The van der Waals surface area contributed by atoms with Crippen molar-refractivity contribution in [2.45, 2.75) is 13.1 Å². The van der Waals surface area contributed by atoms with Crippen molar-refractivity contribution in [2.75, 3.05) is 13.2 Å². The van der Waals surface area contributed by atoms with Crippen molar-refractivity contribution < 1.29 is 19.1 Å². The number of amides is 2. The average molecular weight is 443 g/mol. The molecule has 30 heavy (non-hydrogen) atoms. The van der Waals surface area contributed by atoms with Gasteiger partial charge in [-0.15, -0.1) is 11.3 Å². The molecule has 2 amide bonds. The normalized spacial score (nSPS) is 12.3. The van der Waals surface area contributed by atoms with E-state index in [-0.39, 0.29) is 11.8 Å². The van der Waals surface area contributed by atoms with Crippen LogP contribution in [0.25, 0.3) is 0 Å². The Hall–Kier alpha value is -3.03. The highest BCUT2D eigenvalue weighted by molar-refractivity contribution is 7.12. The highest BCUT2D eigenvalue weighted by atomic mass is 35.5. The van der Waals surface area contributed by atoms with Gasteiger partial charge in [-0.05, 0) is 46.8 Å². The standard InChI is InChI=1S/C22H19ClN2O4S/c23-17-10-15(11-18-20(17)29-8-7-28-18)13-24-21(26)16-5-3-14(4-6-16)12-25-22(27)19-2-1-9-30-19/h1-6,9-11H,7-8,12-13H2,(H,24,26)(H,25,27). The van der Waals surface area contributed by atoms with Crippen LogP contribution in [0.15, 0.2) is 53.9 Å². The molecule has 0 saturated heterocycles. The fourth-order valence-electron chi connectivity index (χ4n) is 3.00. The molecule has 2 aromatic carbocycles. The van der Waals surface area contributed by atoms with Gasteiger partial charge in [-0.1, -0.05) is 29.8 Å². The third kappa shape index (κ3) is 4.75. The Morgan fingerprint density at radius 3 is 2.43 bits per heavy atom. The first-order chi connectivity index (χ1) is 14.6. The minimum absolute atomic E-state index is 0.107. The Morgan fingerprint density at radius 2 is 1.67 bits per heavy atom. The molecule has 0 atom stereocenters. The molecule has 154 valence electrons. The highest BCUT2D eigenvalue weighted by Crippen LogP contribution is 2.38. The summed E-state index contributed by atoms with van der Waals surface area (Å²) in [6, 6.07) is 14.3. The molecule has 0 saturated carbocycles. The highest BCUT2D eigenvalue weighted by Gasteiger charge is 2.17. The van der Waals surface area contributed by atoms with Gasteiger partial charge in [0.1, 0.15) is 13.2 Å². The van der Waals surface area contributed by atoms with Gasteiger partial charge >= 0.3 is 0 Å². The molecule has 0 fully saturated rings. The molecule has 0 unspecified atom stereocenters. The molecule has 1 aromatic heterocycles. The summed E-state index contributed by atoms with van der Waals surface area (Å²) in [5, 5.41) is 8.06. The van der Waals surface area contributed by atoms with E-state index in [4.69, 9.17) is 21.1 Å². The molecular formula is C22H19ClN2O4S. The average Bonchev–Trinajstić information content (AvgIpc) is 3.31. The molecule has 2 N–H and O–H groups in total. The smallest absolute Gasteiger partial charge is 0.261 e. The summed E-state index contributed by atoms with van der Waals surface area (Å²) >= 11 is 7.63. The van der Waals surface area contributed by atoms with E-state index < -0.39 is 0 Å². The number of thiophene rings is 1. The van der Waals surface area contributed by atoms with Crippen LogP contribution >= 0.6 is 22.9 Å². The molecule has 1 aliphatic rings. The molecule has 2 heterocycles. The van der Waals surface area contributed by atoms with E-state index in [0.29, 0.717) is 53.3 Å². The third-order valence-electron chi connectivity index (χ3n) is 4.52. The number of hydrogen-bond donors (Lipinski definition) is 2. The minimum Gasteiger partial charge on any atom is -0.486 e. The summed E-state index contributed by atoms with van der Waals surface area (Å²) in [7, 11) is 0. The Balaban J connectivity index is 1.32. The second-order valence-corrected chi connectivity index (χ2v) is 8.00. The van der Waals surface area contributed by atoms with Crippen LogP contribution in [0.4, 0.5) is 0 Å². The zero-order valence-electron chi connectivity index (χ0n) is 15.9. The van der Waals surface area contributed by atoms with E-state index in [2.05, 4.69) is 10.6 Å². The Bertz CT molecular complexity index is 1050. The van der Waals surface area contributed by atoms with Crippen molar-refractivity contribution >= 4 is 34.8 Å². The Morgan fingerprint density at radius 1 is 0.933 bits per heavy atom. The number of carbonyl (C=O) groups is 2. The minimum atomic E-state index is -0.199. The number of carbonyl (C=O) groups excluding carboxylic acids is 2. The van der Waals surface area contributed by atoms with E-state index in [1.165, 1.54) is 11.3 Å². The number of rotatable bonds is 6. The number of benzene rings is 2. The van der Waals surface area contributed by atoms with Gasteiger partial charge in [0.25, 0.3) is 11.8 Å². The first kappa shape index (κ1) is 20.3. The van der Waals surface area contributed by atoms with E-state index in [1.54, 1.807) is 24.3 Å². The lowest BCUT2D eigenvalue weighted by atomic mass is 10.1. The Labute approximate surface area is 182 Å². The second kappa shape index (κ2) is 9.19. The van der Waals surface area contributed by atoms with Gasteiger partial charge in [0, 0.05) is 18.7 Å². The number of halogens is 1. The zero-order chi connectivity index (χ0) is 20.9. The van der Waals surface area contributed by atoms with Crippen LogP contribution in [0.5, 0.6) is 11.5 Å². The summed E-state index contributed by atoms with van der Waals surface area (Å²) < 4.78 is 11.1. The van der Waals surface area contributed by atoms with Crippen LogP contribution in [0.2, 0.25) is 5.02 Å². The predicted octanol–water partition coefficient (Wildman–Crippen LogP) is 4.03. The van der Waals surface area contributed by atoms with Crippen molar-refractivity contribution in [1.29, 1.82) is 0 Å². The lowest BCUT2D eigenvalue weighted by Crippen LogP contribution is -2.24. The van der Waals surface area contributed by atoms with Crippen molar-refractivity contribution in [3.8, 4) is 11.5 Å². The first-order valence-electron chi connectivity index (χ1n) is 9.37. The molecule has 4 rings (SSSR count). The summed E-state index contributed by atoms with van der Waals surface area (Å²) in [5.74, 6) is 0.826. The van der Waals surface area contributed by atoms with Gasteiger partial charge in [-0.25, -0.2) is 0 Å². The fourth-order valence-corrected chi connectivity index (χ4v) is 3.93. The van der Waals surface area contributed by atoms with Crippen molar-refractivity contribution in [1.82, 2.24) is 10.6 Å². The van der Waals surface area contributed by atoms with Crippen LogP contribution in [-0.2, 0) is 13.1 Å². The molecule has 1 aliphatic heterocycles. The van der Waals surface area contributed by atoms with Crippen LogP contribution in [0.3, 0.4) is 0 Å². The van der Waals surface area contributed by atoms with Gasteiger partial charge < -0.3 is 20.1 Å². The molecule has 3 aromatic rings. The quantitative estimate of drug-likeness (QED) is 0.604. The van der Waals surface area contributed by atoms with Crippen LogP contribution in [-0.4, -0.2) is 25.0 Å². The SMILES string of the molecule is O=C(NCc1cc(Cl)c2c(c1)OCCO2)c1ccc(CNC(=O)c2cccs2)cc1. The second-order valence-electron chi connectivity index (χ2n) is 6.64. The lowest BCUT2D eigenvalue weighted by molar-refractivity contribution is 0.0943. The van der Waals surface area contributed by atoms with Crippen molar-refractivity contribution in [2.24, 2.45) is 0 Å². The van der Waals surface area contributed by atoms with Gasteiger partial charge in [0.2, 0.25) is 0 Å². The predicted molar refractivity (Wildman–Crippen MR) is 116 cm³/mol. The van der Waals surface area contributed by atoms with Crippen LogP contribution in [0.1, 0.15) is 31.2 Å². The van der Waals surface area contributed by atoms with Gasteiger partial charge in [-0.2, -0.15) is 0 Å². The summed E-state index contributed by atoms with van der Waals surface area (Å²) in [4.78, 5) is 25.1. The number of fused-ring (bicyclic) bond motifs is 1. The molecular weight excluding hydrogens is 424 g/mol. The Kier molecular flexibility index (Phi) is 6.21. The summed E-state index contributed by atoms with van der Waals surface area (Å²) in [5.41, 5.74) is 2.27. The van der Waals surface area contributed by atoms with Crippen molar-refractivity contribution in [3.05, 3.63) is 80.5 Å².